The highest BCUT2D eigenvalue weighted by molar-refractivity contribution is 9.09. The van der Waals surface area contributed by atoms with Crippen LogP contribution in [0.5, 0.6) is 0 Å². The number of carbonyl (C=O) groups is 1. The number of amides is 1. The van der Waals surface area contributed by atoms with Crippen molar-refractivity contribution in [2.45, 2.75) is 31.7 Å². The molecule has 0 spiro atoms. The summed E-state index contributed by atoms with van der Waals surface area (Å²) in [4.78, 5) is 14.3. The van der Waals surface area contributed by atoms with Crippen LogP contribution < -0.4 is 0 Å². The van der Waals surface area contributed by atoms with E-state index in [2.05, 4.69) is 15.9 Å². The first-order valence-electron chi connectivity index (χ1n) is 6.30. The van der Waals surface area contributed by atoms with E-state index in [4.69, 9.17) is 11.6 Å². The van der Waals surface area contributed by atoms with E-state index in [1.54, 1.807) is 0 Å². The Bertz CT molecular complexity index is 420. The molecule has 18 heavy (non-hydrogen) atoms. The van der Waals surface area contributed by atoms with Gasteiger partial charge in [0.05, 0.1) is 6.42 Å². The number of hydrogen-bond donors (Lipinski definition) is 0. The van der Waals surface area contributed by atoms with Crippen molar-refractivity contribution < 1.29 is 4.79 Å². The molecule has 0 radical (unpaired) electrons. The van der Waals surface area contributed by atoms with Gasteiger partial charge in [0.15, 0.2) is 0 Å². The van der Waals surface area contributed by atoms with Crippen LogP contribution in [-0.4, -0.2) is 28.7 Å². The molecular formula is C14H17BrClNO. The molecule has 0 aromatic heterocycles. The molecule has 2 nitrogen and oxygen atoms in total. The Morgan fingerprint density at radius 2 is 2.22 bits per heavy atom. The van der Waals surface area contributed by atoms with Crippen molar-refractivity contribution >= 4 is 33.4 Å². The van der Waals surface area contributed by atoms with Crippen molar-refractivity contribution in [1.82, 2.24) is 4.90 Å². The zero-order chi connectivity index (χ0) is 13.0. The number of halogens is 2. The van der Waals surface area contributed by atoms with Gasteiger partial charge in [-0.15, -0.1) is 0 Å². The van der Waals surface area contributed by atoms with Gasteiger partial charge < -0.3 is 4.90 Å². The van der Waals surface area contributed by atoms with Gasteiger partial charge in [-0.3, -0.25) is 4.79 Å². The van der Waals surface area contributed by atoms with Crippen LogP contribution >= 0.6 is 27.5 Å². The molecule has 0 aliphatic heterocycles. The van der Waals surface area contributed by atoms with E-state index >= 15 is 0 Å². The third-order valence-corrected chi connectivity index (χ3v) is 4.00. The topological polar surface area (TPSA) is 20.3 Å². The van der Waals surface area contributed by atoms with E-state index in [9.17, 15) is 4.79 Å². The lowest BCUT2D eigenvalue weighted by molar-refractivity contribution is -0.134. The van der Waals surface area contributed by atoms with Gasteiger partial charge in [-0.2, -0.15) is 0 Å². The third-order valence-electron chi connectivity index (χ3n) is 3.41. The number of rotatable bonds is 5. The number of benzene rings is 1. The minimum absolute atomic E-state index is 0.210. The molecule has 1 aromatic rings. The van der Waals surface area contributed by atoms with Crippen LogP contribution in [0.15, 0.2) is 24.3 Å². The highest BCUT2D eigenvalue weighted by Crippen LogP contribution is 2.25. The van der Waals surface area contributed by atoms with Crippen LogP contribution in [-0.2, 0) is 11.2 Å². The Labute approximate surface area is 121 Å². The summed E-state index contributed by atoms with van der Waals surface area (Å²) in [6, 6.07) is 8.00. The molecule has 0 saturated heterocycles. The second kappa shape index (κ2) is 6.58. The summed E-state index contributed by atoms with van der Waals surface area (Å²) in [5.74, 6) is 0.210. The molecular weight excluding hydrogens is 314 g/mol. The average molecular weight is 331 g/mol. The van der Waals surface area contributed by atoms with E-state index in [-0.39, 0.29) is 5.91 Å². The van der Waals surface area contributed by atoms with Gasteiger partial charge >= 0.3 is 0 Å². The Morgan fingerprint density at radius 1 is 1.44 bits per heavy atom. The van der Waals surface area contributed by atoms with Gasteiger partial charge in [-0.1, -0.05) is 39.7 Å². The van der Waals surface area contributed by atoms with Crippen molar-refractivity contribution in [3.63, 3.8) is 0 Å². The largest absolute Gasteiger partial charge is 0.339 e. The average Bonchev–Trinajstić information content (AvgIpc) is 2.26. The van der Waals surface area contributed by atoms with Gasteiger partial charge in [0.2, 0.25) is 5.91 Å². The highest BCUT2D eigenvalue weighted by atomic mass is 79.9. The third kappa shape index (κ3) is 3.48. The standard InChI is InChI=1S/C14H17BrClNO/c15-7-8-17(13-5-2-6-13)14(18)10-11-3-1-4-12(16)9-11/h1,3-4,9,13H,2,5-8,10H2. The highest BCUT2D eigenvalue weighted by Gasteiger charge is 2.27. The van der Waals surface area contributed by atoms with Crippen molar-refractivity contribution in [2.24, 2.45) is 0 Å². The normalized spacial score (nSPS) is 15.2. The molecule has 1 aliphatic carbocycles. The molecule has 0 unspecified atom stereocenters. The zero-order valence-electron chi connectivity index (χ0n) is 10.2. The fraction of sp³-hybridized carbons (Fsp3) is 0.500. The SMILES string of the molecule is O=C(Cc1cccc(Cl)c1)N(CCBr)C1CCC1. The Morgan fingerprint density at radius 3 is 2.78 bits per heavy atom. The smallest absolute Gasteiger partial charge is 0.227 e. The monoisotopic (exact) mass is 329 g/mol. The van der Waals surface area contributed by atoms with Crippen LogP contribution in [0.1, 0.15) is 24.8 Å². The second-order valence-corrected chi connectivity index (χ2v) is 5.90. The van der Waals surface area contributed by atoms with E-state index in [0.29, 0.717) is 17.5 Å². The van der Waals surface area contributed by atoms with Gasteiger partial charge in [-0.05, 0) is 37.0 Å². The minimum Gasteiger partial charge on any atom is -0.339 e. The van der Waals surface area contributed by atoms with Crippen molar-refractivity contribution in [3.05, 3.63) is 34.9 Å². The van der Waals surface area contributed by atoms with E-state index in [1.165, 1.54) is 6.42 Å². The number of nitrogens with zero attached hydrogens (tertiary/aromatic N) is 1. The molecule has 1 aromatic carbocycles. The fourth-order valence-electron chi connectivity index (χ4n) is 2.22. The molecule has 1 aliphatic rings. The summed E-state index contributed by atoms with van der Waals surface area (Å²) < 4.78 is 0. The molecule has 1 fully saturated rings. The molecule has 2 rings (SSSR count). The lowest BCUT2D eigenvalue weighted by atomic mass is 9.91. The summed E-state index contributed by atoms with van der Waals surface area (Å²) in [5.41, 5.74) is 0.992. The summed E-state index contributed by atoms with van der Waals surface area (Å²) in [5, 5.41) is 1.53. The summed E-state index contributed by atoms with van der Waals surface area (Å²) in [6.07, 6.45) is 3.99. The minimum atomic E-state index is 0.210. The van der Waals surface area contributed by atoms with Crippen LogP contribution in [0.4, 0.5) is 0 Å². The van der Waals surface area contributed by atoms with Crippen LogP contribution in [0, 0.1) is 0 Å². The molecule has 0 heterocycles. The predicted octanol–water partition coefficient (Wildman–Crippen LogP) is 3.66. The number of carbonyl (C=O) groups excluding carboxylic acids is 1. The Hall–Kier alpha value is -0.540. The first kappa shape index (κ1) is 13.9. The molecule has 4 heteroatoms. The van der Waals surface area contributed by atoms with Crippen LogP contribution in [0.2, 0.25) is 5.02 Å². The van der Waals surface area contributed by atoms with Gasteiger partial charge in [0.25, 0.3) is 0 Å². The number of alkyl halides is 1. The zero-order valence-corrected chi connectivity index (χ0v) is 12.6. The molecule has 0 atom stereocenters. The Balaban J connectivity index is 2.00. The van der Waals surface area contributed by atoms with Crippen molar-refractivity contribution in [3.8, 4) is 0 Å². The fourth-order valence-corrected chi connectivity index (χ4v) is 2.82. The molecule has 0 N–H and O–H groups in total. The second-order valence-electron chi connectivity index (χ2n) is 4.67. The quantitative estimate of drug-likeness (QED) is 0.755. The first-order chi connectivity index (χ1) is 8.70. The molecule has 98 valence electrons. The maximum absolute atomic E-state index is 12.3. The van der Waals surface area contributed by atoms with E-state index in [1.807, 2.05) is 29.2 Å². The first-order valence-corrected chi connectivity index (χ1v) is 7.80. The van der Waals surface area contributed by atoms with E-state index < -0.39 is 0 Å². The summed E-state index contributed by atoms with van der Waals surface area (Å²) in [7, 11) is 0. The van der Waals surface area contributed by atoms with Crippen molar-refractivity contribution in [1.29, 1.82) is 0 Å². The molecule has 1 amide bonds. The van der Waals surface area contributed by atoms with Crippen LogP contribution in [0.25, 0.3) is 0 Å². The van der Waals surface area contributed by atoms with Gasteiger partial charge in [0, 0.05) is 22.9 Å². The predicted molar refractivity (Wildman–Crippen MR) is 78.3 cm³/mol. The maximum atomic E-state index is 12.3. The molecule has 0 bridgehead atoms. The van der Waals surface area contributed by atoms with Crippen molar-refractivity contribution in [2.75, 3.05) is 11.9 Å². The lowest BCUT2D eigenvalue weighted by Crippen LogP contribution is -2.45. The number of hydrogen-bond acceptors (Lipinski definition) is 1. The Kier molecular flexibility index (Phi) is 5.07. The van der Waals surface area contributed by atoms with E-state index in [0.717, 1.165) is 30.3 Å². The van der Waals surface area contributed by atoms with Gasteiger partial charge in [0.1, 0.15) is 0 Å². The molecule has 1 saturated carbocycles. The van der Waals surface area contributed by atoms with Crippen LogP contribution in [0.3, 0.4) is 0 Å². The maximum Gasteiger partial charge on any atom is 0.227 e. The lowest BCUT2D eigenvalue weighted by Gasteiger charge is -2.37. The summed E-state index contributed by atoms with van der Waals surface area (Å²) >= 11 is 9.36. The van der Waals surface area contributed by atoms with Gasteiger partial charge in [-0.25, -0.2) is 0 Å². The summed E-state index contributed by atoms with van der Waals surface area (Å²) in [6.45, 7) is 0.796.